The van der Waals surface area contributed by atoms with E-state index in [0.717, 1.165) is 30.2 Å². The van der Waals surface area contributed by atoms with Crippen molar-refractivity contribution < 1.29 is 89.0 Å². The summed E-state index contributed by atoms with van der Waals surface area (Å²) in [6.07, 6.45) is -7.64. The Balaban J connectivity index is 2.46. The number of allylic oxidation sites excluding steroid dienone is 2. The van der Waals surface area contributed by atoms with Gasteiger partial charge in [-0.2, -0.15) is 74.6 Å². The van der Waals surface area contributed by atoms with Crippen LogP contribution in [0.5, 0.6) is 0 Å². The molecule has 0 aromatic rings. The number of carbonyl (C=O) groups is 2. The molecule has 1 saturated heterocycles. The summed E-state index contributed by atoms with van der Waals surface area (Å²) in [5.41, 5.74) is -2.72. The molecule has 2 atom stereocenters. The van der Waals surface area contributed by atoms with Crippen molar-refractivity contribution in [2.75, 3.05) is 19.4 Å². The van der Waals surface area contributed by atoms with Crippen molar-refractivity contribution in [3.63, 3.8) is 0 Å². The number of carbonyl (C=O) groups excluding carboxylic acids is 2. The molecule has 0 N–H and O–H groups in total. The first kappa shape index (κ1) is 39.8. The van der Waals surface area contributed by atoms with Gasteiger partial charge in [-0.3, -0.25) is 9.59 Å². The van der Waals surface area contributed by atoms with Crippen molar-refractivity contribution >= 4 is 23.5 Å². The van der Waals surface area contributed by atoms with Crippen molar-refractivity contribution in [3.05, 3.63) is 24.0 Å². The number of methoxy groups -OCH3 is 1. The van der Waals surface area contributed by atoms with Crippen LogP contribution in [0.2, 0.25) is 0 Å². The number of ether oxygens (including phenoxy) is 1. The van der Waals surface area contributed by atoms with Gasteiger partial charge in [0.1, 0.15) is 11.0 Å². The first-order valence-electron chi connectivity index (χ1n) is 12.3. The highest BCUT2D eigenvalue weighted by atomic mass is 32.2. The quantitative estimate of drug-likeness (QED) is 0.204. The number of hydrogen-bond donors (Lipinski definition) is 0. The van der Waals surface area contributed by atoms with Crippen LogP contribution in [0.3, 0.4) is 0 Å². The Labute approximate surface area is 252 Å². The zero-order valence-electron chi connectivity index (χ0n) is 23.4. The smallest absolute Gasteiger partial charge is 0.460 e. The second kappa shape index (κ2) is 11.3. The summed E-state index contributed by atoms with van der Waals surface area (Å²) in [5, 5.41) is -1.67. The highest BCUT2D eigenvalue weighted by molar-refractivity contribution is 8.00. The SMILES string of the molecule is COC1=CC(=O)C=C[C@@]12CN(C(C)(C)C)C(=O)[C@@H]2SCCC(F)(F)C(F)(F)C(F)(F)C(F)(F)C(F)(F)C(F)(F)C(F)(F)C(F)(F)F. The maximum Gasteiger partial charge on any atom is 0.460 e. The number of thioether (sulfide) groups is 1. The van der Waals surface area contributed by atoms with E-state index in [4.69, 9.17) is 4.74 Å². The Morgan fingerprint density at radius 3 is 1.61 bits per heavy atom. The second-order valence-electron chi connectivity index (χ2n) is 11.2. The van der Waals surface area contributed by atoms with Gasteiger partial charge in [-0.1, -0.05) is 6.08 Å². The monoisotopic (exact) mass is 727 g/mol. The van der Waals surface area contributed by atoms with Crippen LogP contribution in [-0.2, 0) is 14.3 Å². The number of hydrogen-bond acceptors (Lipinski definition) is 4. The second-order valence-corrected chi connectivity index (χ2v) is 12.4. The third kappa shape index (κ3) is 5.60. The first-order chi connectivity index (χ1) is 20.2. The maximum atomic E-state index is 14.5. The van der Waals surface area contributed by atoms with E-state index in [0.29, 0.717) is 0 Å². The van der Waals surface area contributed by atoms with E-state index in [1.54, 1.807) is 0 Å². The zero-order valence-corrected chi connectivity index (χ0v) is 24.3. The minimum absolute atomic E-state index is 0.00208. The molecular weight excluding hydrogens is 705 g/mol. The standard InChI is InChI=1S/C24H22F17NO3S/c1-15(2,3)42-10-16(6-5-11(43)9-12(16)45-4)13(14(42)44)46-8-7-17(25,26)18(27,28)19(29,30)20(31,32)21(33,34)22(35,36)23(37,38)24(39,40)41/h5-6,9,13H,7-8,10H2,1-4H3/t13-,16+/m0/s1. The lowest BCUT2D eigenvalue weighted by Crippen LogP contribution is -2.74. The topological polar surface area (TPSA) is 46.6 Å². The predicted molar refractivity (Wildman–Crippen MR) is 125 cm³/mol. The van der Waals surface area contributed by atoms with Gasteiger partial charge >= 0.3 is 47.6 Å². The molecule has 0 saturated carbocycles. The molecule has 266 valence electrons. The molecule has 1 aliphatic carbocycles. The summed E-state index contributed by atoms with van der Waals surface area (Å²) in [6.45, 7) is 4.13. The number of halogens is 17. The van der Waals surface area contributed by atoms with Gasteiger partial charge in [0.15, 0.2) is 5.78 Å². The molecule has 1 heterocycles. The van der Waals surface area contributed by atoms with Gasteiger partial charge in [0.2, 0.25) is 5.91 Å². The number of amides is 1. The molecular formula is C24H22F17NO3S. The molecule has 0 aromatic carbocycles. The first-order valence-corrected chi connectivity index (χ1v) is 13.3. The Hall–Kier alpha value is -2.42. The minimum atomic E-state index is -8.70. The summed E-state index contributed by atoms with van der Waals surface area (Å²) >= 11 is 0.00208. The summed E-state index contributed by atoms with van der Waals surface area (Å²) in [7, 11) is 1.02. The van der Waals surface area contributed by atoms with Crippen molar-refractivity contribution in [2.45, 2.75) is 85.6 Å². The van der Waals surface area contributed by atoms with Crippen LogP contribution in [0, 0.1) is 5.41 Å². The van der Waals surface area contributed by atoms with E-state index < -0.39 is 87.7 Å². The zero-order chi connectivity index (χ0) is 36.5. The molecule has 1 spiro atoms. The predicted octanol–water partition coefficient (Wildman–Crippen LogP) is 7.78. The van der Waals surface area contributed by atoms with Crippen LogP contribution in [0.4, 0.5) is 74.6 Å². The van der Waals surface area contributed by atoms with Gasteiger partial charge in [0.05, 0.1) is 12.5 Å². The molecule has 1 fully saturated rings. The van der Waals surface area contributed by atoms with Crippen molar-refractivity contribution in [1.29, 1.82) is 0 Å². The Kier molecular flexibility index (Phi) is 9.80. The number of nitrogens with zero attached hydrogens (tertiary/aromatic N) is 1. The van der Waals surface area contributed by atoms with Crippen LogP contribution >= 0.6 is 11.8 Å². The van der Waals surface area contributed by atoms with Crippen LogP contribution < -0.4 is 0 Å². The fourth-order valence-corrected chi connectivity index (χ4v) is 5.90. The summed E-state index contributed by atoms with van der Waals surface area (Å²) in [5.74, 6) is -60.4. The normalized spacial score (nSPS) is 23.0. The number of ketones is 1. The molecule has 0 unspecified atom stereocenters. The molecule has 2 rings (SSSR count). The minimum Gasteiger partial charge on any atom is -0.500 e. The van der Waals surface area contributed by atoms with Gasteiger partial charge in [0, 0.05) is 30.3 Å². The number of likely N-dealkylation sites (tertiary alicyclic amines) is 1. The molecule has 22 heteroatoms. The van der Waals surface area contributed by atoms with Crippen molar-refractivity contribution in [3.8, 4) is 0 Å². The third-order valence-electron chi connectivity index (χ3n) is 7.17. The molecule has 4 nitrogen and oxygen atoms in total. The lowest BCUT2D eigenvalue weighted by molar-refractivity contribution is -0.461. The van der Waals surface area contributed by atoms with E-state index in [1.165, 1.54) is 20.8 Å². The van der Waals surface area contributed by atoms with E-state index in [9.17, 15) is 84.2 Å². The van der Waals surface area contributed by atoms with Gasteiger partial charge < -0.3 is 9.64 Å². The molecule has 0 radical (unpaired) electrons. The van der Waals surface area contributed by atoms with Crippen LogP contribution in [0.25, 0.3) is 0 Å². The third-order valence-corrected chi connectivity index (χ3v) is 8.57. The molecule has 0 bridgehead atoms. The highest BCUT2D eigenvalue weighted by Gasteiger charge is 2.95. The van der Waals surface area contributed by atoms with E-state index in [1.807, 2.05) is 0 Å². The molecule has 46 heavy (non-hydrogen) atoms. The van der Waals surface area contributed by atoms with Gasteiger partial charge in [-0.25, -0.2) is 0 Å². The maximum absolute atomic E-state index is 14.5. The van der Waals surface area contributed by atoms with E-state index >= 15 is 0 Å². The lowest BCUT2D eigenvalue weighted by Gasteiger charge is -2.42. The number of alkyl halides is 17. The Morgan fingerprint density at radius 2 is 1.20 bits per heavy atom. The van der Waals surface area contributed by atoms with Crippen LogP contribution in [0.1, 0.15) is 27.2 Å². The molecule has 0 aromatic heterocycles. The molecule has 2 aliphatic rings. The van der Waals surface area contributed by atoms with Gasteiger partial charge in [-0.15, -0.1) is 11.8 Å². The molecule has 1 aliphatic heterocycles. The number of rotatable bonds is 11. The van der Waals surface area contributed by atoms with Gasteiger partial charge in [-0.05, 0) is 26.8 Å². The summed E-state index contributed by atoms with van der Waals surface area (Å²) < 4.78 is 236. The fraction of sp³-hybridized carbons (Fsp3) is 0.750. The largest absolute Gasteiger partial charge is 0.500 e. The summed E-state index contributed by atoms with van der Waals surface area (Å²) in [4.78, 5) is 26.2. The van der Waals surface area contributed by atoms with E-state index in [2.05, 4.69) is 0 Å². The van der Waals surface area contributed by atoms with Crippen LogP contribution in [0.15, 0.2) is 24.0 Å². The average molecular weight is 727 g/mol. The Bertz CT molecular complexity index is 1270. The average Bonchev–Trinajstić information content (AvgIpc) is 3.16. The van der Waals surface area contributed by atoms with Crippen LogP contribution in [-0.4, -0.2) is 94.4 Å². The summed E-state index contributed by atoms with van der Waals surface area (Å²) in [6, 6.07) is 0. The lowest BCUT2D eigenvalue weighted by atomic mass is 9.80. The molecule has 1 amide bonds. The Morgan fingerprint density at radius 1 is 0.761 bits per heavy atom. The highest BCUT2D eigenvalue weighted by Crippen LogP contribution is 2.64. The van der Waals surface area contributed by atoms with Crippen molar-refractivity contribution in [2.24, 2.45) is 5.41 Å². The fourth-order valence-electron chi connectivity index (χ4n) is 4.45. The van der Waals surface area contributed by atoms with Crippen molar-refractivity contribution in [1.82, 2.24) is 4.90 Å². The van der Waals surface area contributed by atoms with E-state index in [-0.39, 0.29) is 24.1 Å². The van der Waals surface area contributed by atoms with Gasteiger partial charge in [0.25, 0.3) is 0 Å².